The number of amides is 1. The van der Waals surface area contributed by atoms with Gasteiger partial charge in [0.15, 0.2) is 0 Å². The van der Waals surface area contributed by atoms with E-state index in [4.69, 9.17) is 0 Å². The van der Waals surface area contributed by atoms with Crippen molar-refractivity contribution in [1.82, 2.24) is 5.43 Å². The van der Waals surface area contributed by atoms with Crippen LogP contribution in [0.3, 0.4) is 0 Å². The molecule has 0 aliphatic rings. The van der Waals surface area contributed by atoms with E-state index in [1.54, 1.807) is 11.8 Å². The quantitative estimate of drug-likeness (QED) is 0.314. The normalized spacial score (nSPS) is 10.3. The van der Waals surface area contributed by atoms with Crippen LogP contribution in [-0.2, 0) is 17.6 Å². The van der Waals surface area contributed by atoms with Crippen LogP contribution in [0.15, 0.2) is 101 Å². The van der Waals surface area contributed by atoms with Gasteiger partial charge in [-0.15, -0.1) is 11.8 Å². The fourth-order valence-electron chi connectivity index (χ4n) is 2.78. The number of hydrogen-bond donors (Lipinski definition) is 1. The Labute approximate surface area is 170 Å². The van der Waals surface area contributed by atoms with Gasteiger partial charge in [0.25, 0.3) is 0 Å². The maximum atomic E-state index is 12.2. The third kappa shape index (κ3) is 7.05. The Morgan fingerprint density at radius 3 is 1.79 bits per heavy atom. The summed E-state index contributed by atoms with van der Waals surface area (Å²) in [6, 6.07) is 30.5. The van der Waals surface area contributed by atoms with Crippen LogP contribution in [0.1, 0.15) is 17.5 Å². The summed E-state index contributed by atoms with van der Waals surface area (Å²) in [4.78, 5) is 13.4. The minimum absolute atomic E-state index is 0.0537. The van der Waals surface area contributed by atoms with Crippen molar-refractivity contribution in [3.8, 4) is 0 Å². The fourth-order valence-corrected chi connectivity index (χ4v) is 3.65. The number of carbonyl (C=O) groups is 1. The SMILES string of the molecule is O=C(CCSc1ccccc1)NN=C(Cc1ccccc1)Cc1ccccc1. The summed E-state index contributed by atoms with van der Waals surface area (Å²) in [5.41, 5.74) is 6.06. The van der Waals surface area contributed by atoms with Crippen molar-refractivity contribution in [1.29, 1.82) is 0 Å². The predicted molar refractivity (Wildman–Crippen MR) is 118 cm³/mol. The highest BCUT2D eigenvalue weighted by molar-refractivity contribution is 7.99. The Balaban J connectivity index is 1.56. The second kappa shape index (κ2) is 11.1. The van der Waals surface area contributed by atoms with Crippen molar-refractivity contribution >= 4 is 23.4 Å². The summed E-state index contributed by atoms with van der Waals surface area (Å²) in [5.74, 6) is 0.681. The van der Waals surface area contributed by atoms with Gasteiger partial charge >= 0.3 is 0 Å². The summed E-state index contributed by atoms with van der Waals surface area (Å²) in [5, 5.41) is 4.45. The summed E-state index contributed by atoms with van der Waals surface area (Å²) in [7, 11) is 0. The molecule has 0 atom stereocenters. The van der Waals surface area contributed by atoms with Gasteiger partial charge in [-0.2, -0.15) is 5.10 Å². The van der Waals surface area contributed by atoms with E-state index in [1.165, 1.54) is 16.0 Å². The molecule has 4 heteroatoms. The number of hydrogen-bond acceptors (Lipinski definition) is 3. The van der Waals surface area contributed by atoms with Crippen LogP contribution in [0.5, 0.6) is 0 Å². The van der Waals surface area contributed by atoms with Crippen molar-refractivity contribution in [3.05, 3.63) is 102 Å². The molecular formula is C24H24N2OS. The number of hydrazone groups is 1. The van der Waals surface area contributed by atoms with Crippen molar-refractivity contribution in [2.75, 3.05) is 5.75 Å². The van der Waals surface area contributed by atoms with Crippen LogP contribution in [0.25, 0.3) is 0 Å². The van der Waals surface area contributed by atoms with Gasteiger partial charge in [-0.05, 0) is 23.3 Å². The summed E-state index contributed by atoms with van der Waals surface area (Å²) >= 11 is 1.68. The third-order valence-corrected chi connectivity index (χ3v) is 5.20. The molecule has 1 amide bonds. The van der Waals surface area contributed by atoms with Crippen molar-refractivity contribution < 1.29 is 4.79 Å². The molecule has 28 heavy (non-hydrogen) atoms. The van der Waals surface area contributed by atoms with Crippen LogP contribution in [-0.4, -0.2) is 17.4 Å². The van der Waals surface area contributed by atoms with Gasteiger partial charge in [-0.25, -0.2) is 5.43 Å². The van der Waals surface area contributed by atoms with Gasteiger partial charge in [0.2, 0.25) is 5.91 Å². The van der Waals surface area contributed by atoms with Crippen LogP contribution in [0, 0.1) is 0 Å². The largest absolute Gasteiger partial charge is 0.273 e. The molecular weight excluding hydrogens is 364 g/mol. The lowest BCUT2D eigenvalue weighted by Gasteiger charge is -2.08. The second-order valence-corrected chi connectivity index (χ2v) is 7.62. The molecule has 3 rings (SSSR count). The molecule has 3 aromatic carbocycles. The highest BCUT2D eigenvalue weighted by atomic mass is 32.2. The van der Waals surface area contributed by atoms with E-state index in [0.29, 0.717) is 6.42 Å². The van der Waals surface area contributed by atoms with E-state index in [1.807, 2.05) is 54.6 Å². The minimum atomic E-state index is -0.0537. The first-order valence-corrected chi connectivity index (χ1v) is 10.4. The lowest BCUT2D eigenvalue weighted by Crippen LogP contribution is -2.21. The van der Waals surface area contributed by atoms with Gasteiger partial charge in [0.05, 0.1) is 0 Å². The lowest BCUT2D eigenvalue weighted by atomic mass is 10.0. The van der Waals surface area contributed by atoms with Gasteiger partial charge in [-0.1, -0.05) is 78.9 Å². The first-order valence-electron chi connectivity index (χ1n) is 9.39. The van der Waals surface area contributed by atoms with E-state index in [-0.39, 0.29) is 5.91 Å². The monoisotopic (exact) mass is 388 g/mol. The van der Waals surface area contributed by atoms with E-state index >= 15 is 0 Å². The maximum Gasteiger partial charge on any atom is 0.240 e. The molecule has 0 unspecified atom stereocenters. The Morgan fingerprint density at radius 2 is 1.25 bits per heavy atom. The summed E-state index contributed by atoms with van der Waals surface area (Å²) in [6.45, 7) is 0. The highest BCUT2D eigenvalue weighted by Crippen LogP contribution is 2.17. The van der Waals surface area contributed by atoms with Crippen LogP contribution in [0.4, 0.5) is 0 Å². The van der Waals surface area contributed by atoms with E-state index in [2.05, 4.69) is 46.9 Å². The molecule has 0 fully saturated rings. The zero-order valence-electron chi connectivity index (χ0n) is 15.8. The number of carbonyl (C=O) groups excluding carboxylic acids is 1. The van der Waals surface area contributed by atoms with Gasteiger partial charge in [-0.3, -0.25) is 4.79 Å². The molecule has 0 aliphatic carbocycles. The molecule has 0 aliphatic heterocycles. The standard InChI is InChI=1S/C24H24N2OS/c27-24(16-17-28-23-14-8-3-9-15-23)26-25-22(18-20-10-4-1-5-11-20)19-21-12-6-2-7-13-21/h1-15H,16-19H2,(H,26,27). The van der Waals surface area contributed by atoms with Gasteiger partial charge < -0.3 is 0 Å². The van der Waals surface area contributed by atoms with E-state index in [0.717, 1.165) is 24.3 Å². The lowest BCUT2D eigenvalue weighted by molar-refractivity contribution is -0.120. The topological polar surface area (TPSA) is 41.5 Å². The third-order valence-electron chi connectivity index (χ3n) is 4.18. The van der Waals surface area contributed by atoms with E-state index in [9.17, 15) is 4.79 Å². The molecule has 0 aromatic heterocycles. The molecule has 0 heterocycles. The van der Waals surface area contributed by atoms with Gasteiger partial charge in [0.1, 0.15) is 0 Å². The van der Waals surface area contributed by atoms with Crippen LogP contribution in [0.2, 0.25) is 0 Å². The zero-order valence-corrected chi connectivity index (χ0v) is 16.6. The zero-order chi connectivity index (χ0) is 19.4. The van der Waals surface area contributed by atoms with Crippen molar-refractivity contribution in [2.45, 2.75) is 24.2 Å². The molecule has 0 saturated carbocycles. The molecule has 0 radical (unpaired) electrons. The Kier molecular flexibility index (Phi) is 7.89. The first-order chi connectivity index (χ1) is 13.8. The van der Waals surface area contributed by atoms with Gasteiger partial charge in [0, 0.05) is 35.6 Å². The molecule has 1 N–H and O–H groups in total. The fraction of sp³-hybridized carbons (Fsp3) is 0.167. The van der Waals surface area contributed by atoms with Crippen molar-refractivity contribution in [3.63, 3.8) is 0 Å². The molecule has 0 bridgehead atoms. The maximum absolute atomic E-state index is 12.2. The predicted octanol–water partition coefficient (Wildman–Crippen LogP) is 5.13. The number of benzene rings is 3. The average molecular weight is 389 g/mol. The number of nitrogens with zero attached hydrogens (tertiary/aromatic N) is 1. The Hall–Kier alpha value is -2.85. The number of rotatable bonds is 9. The minimum Gasteiger partial charge on any atom is -0.273 e. The highest BCUT2D eigenvalue weighted by Gasteiger charge is 2.06. The van der Waals surface area contributed by atoms with Crippen LogP contribution >= 0.6 is 11.8 Å². The number of nitrogens with one attached hydrogen (secondary N) is 1. The number of thioether (sulfide) groups is 1. The summed E-state index contributed by atoms with van der Waals surface area (Å²) < 4.78 is 0. The molecule has 0 saturated heterocycles. The Morgan fingerprint density at radius 1 is 0.750 bits per heavy atom. The molecule has 3 nitrogen and oxygen atoms in total. The van der Waals surface area contributed by atoms with Crippen molar-refractivity contribution in [2.24, 2.45) is 5.10 Å². The molecule has 0 spiro atoms. The smallest absolute Gasteiger partial charge is 0.240 e. The van der Waals surface area contributed by atoms with E-state index < -0.39 is 0 Å². The second-order valence-electron chi connectivity index (χ2n) is 6.45. The molecule has 142 valence electrons. The van der Waals surface area contributed by atoms with Crippen LogP contribution < -0.4 is 5.43 Å². The summed E-state index contributed by atoms with van der Waals surface area (Å²) in [6.07, 6.45) is 1.87. The molecule has 3 aromatic rings. The Bertz CT molecular complexity index is 837. The first kappa shape index (κ1) is 19.9. The average Bonchev–Trinajstić information content (AvgIpc) is 2.74.